The molecule has 0 aliphatic carbocycles. The number of halogens is 1. The van der Waals surface area contributed by atoms with Gasteiger partial charge in [0.2, 0.25) is 0 Å². The predicted molar refractivity (Wildman–Crippen MR) is 146 cm³/mol. The average Bonchev–Trinajstić information content (AvgIpc) is 2.84. The first-order chi connectivity index (χ1) is 17.1. The molecule has 0 aromatic heterocycles. The predicted octanol–water partition coefficient (Wildman–Crippen LogP) is 6.48. The van der Waals surface area contributed by atoms with Gasteiger partial charge in [0.15, 0.2) is 5.54 Å². The second-order valence-corrected chi connectivity index (χ2v) is 11.2. The van der Waals surface area contributed by atoms with E-state index in [9.17, 15) is 9.59 Å². The SMILES string of the molecule is Cc1ccc(Br)c(CC2(c3ccccc3)C(=O)N(Cc3ccccc3)CCN2C(=O)OC(C)(C)C)c1. The van der Waals surface area contributed by atoms with Crippen molar-refractivity contribution in [2.45, 2.75) is 51.8 Å². The van der Waals surface area contributed by atoms with E-state index in [-0.39, 0.29) is 5.91 Å². The summed E-state index contributed by atoms with van der Waals surface area (Å²) in [6.45, 7) is 8.84. The number of benzene rings is 3. The van der Waals surface area contributed by atoms with Crippen molar-refractivity contribution >= 4 is 27.9 Å². The molecule has 1 atom stereocenters. The minimum Gasteiger partial charge on any atom is -0.444 e. The van der Waals surface area contributed by atoms with Gasteiger partial charge in [-0.25, -0.2) is 4.79 Å². The van der Waals surface area contributed by atoms with Crippen molar-refractivity contribution in [3.05, 3.63) is 106 Å². The molecule has 1 saturated heterocycles. The number of aryl methyl sites for hydroxylation is 1. The number of amides is 2. The third-order valence-electron chi connectivity index (χ3n) is 6.42. The Hall–Kier alpha value is -3.12. The molecule has 1 aliphatic rings. The Kier molecular flexibility index (Phi) is 7.55. The molecule has 6 heteroatoms. The first-order valence-electron chi connectivity index (χ1n) is 12.2. The zero-order valence-electron chi connectivity index (χ0n) is 21.3. The summed E-state index contributed by atoms with van der Waals surface area (Å²) in [4.78, 5) is 31.8. The molecule has 1 unspecified atom stereocenters. The van der Waals surface area contributed by atoms with E-state index in [2.05, 4.69) is 22.0 Å². The lowest BCUT2D eigenvalue weighted by atomic mass is 9.79. The maximum atomic E-state index is 14.6. The van der Waals surface area contributed by atoms with Gasteiger partial charge in [0.05, 0.1) is 0 Å². The quantitative estimate of drug-likeness (QED) is 0.366. The van der Waals surface area contributed by atoms with Crippen LogP contribution in [0.1, 0.15) is 43.0 Å². The monoisotopic (exact) mass is 548 g/mol. The summed E-state index contributed by atoms with van der Waals surface area (Å²) in [7, 11) is 0. The van der Waals surface area contributed by atoms with E-state index in [0.29, 0.717) is 26.1 Å². The van der Waals surface area contributed by atoms with Gasteiger partial charge >= 0.3 is 6.09 Å². The normalized spacial score (nSPS) is 18.3. The molecule has 36 heavy (non-hydrogen) atoms. The molecular weight excluding hydrogens is 516 g/mol. The van der Waals surface area contributed by atoms with Crippen LogP contribution in [0.2, 0.25) is 0 Å². The topological polar surface area (TPSA) is 49.9 Å². The number of piperazine rings is 1. The van der Waals surface area contributed by atoms with E-state index in [4.69, 9.17) is 4.74 Å². The molecule has 1 aliphatic heterocycles. The highest BCUT2D eigenvalue weighted by atomic mass is 79.9. The van der Waals surface area contributed by atoms with Crippen molar-refractivity contribution in [3.8, 4) is 0 Å². The number of carbonyl (C=O) groups is 2. The summed E-state index contributed by atoms with van der Waals surface area (Å²) in [5, 5.41) is 0. The summed E-state index contributed by atoms with van der Waals surface area (Å²) in [5.41, 5.74) is 1.93. The Balaban J connectivity index is 1.87. The molecule has 0 saturated carbocycles. The van der Waals surface area contributed by atoms with Crippen LogP contribution in [0.4, 0.5) is 4.79 Å². The third-order valence-corrected chi connectivity index (χ3v) is 7.20. The number of ether oxygens (including phenoxy) is 1. The third kappa shape index (κ3) is 5.49. The fraction of sp³-hybridized carbons (Fsp3) is 0.333. The van der Waals surface area contributed by atoms with Crippen LogP contribution in [0.15, 0.2) is 83.3 Å². The average molecular weight is 550 g/mol. The van der Waals surface area contributed by atoms with Gasteiger partial charge in [-0.2, -0.15) is 0 Å². The molecule has 3 aromatic carbocycles. The highest BCUT2D eigenvalue weighted by Gasteiger charge is 2.54. The van der Waals surface area contributed by atoms with Gasteiger partial charge in [-0.3, -0.25) is 9.69 Å². The lowest BCUT2D eigenvalue weighted by molar-refractivity contribution is -0.152. The van der Waals surface area contributed by atoms with Crippen molar-refractivity contribution in [2.24, 2.45) is 0 Å². The highest BCUT2D eigenvalue weighted by molar-refractivity contribution is 9.10. The van der Waals surface area contributed by atoms with E-state index in [1.807, 2.05) is 105 Å². The van der Waals surface area contributed by atoms with Crippen LogP contribution in [-0.2, 0) is 28.0 Å². The van der Waals surface area contributed by atoms with Crippen LogP contribution in [0.3, 0.4) is 0 Å². The van der Waals surface area contributed by atoms with E-state index < -0.39 is 17.2 Å². The summed E-state index contributed by atoms with van der Waals surface area (Å²) in [6, 6.07) is 25.7. The minimum atomic E-state index is -1.26. The summed E-state index contributed by atoms with van der Waals surface area (Å²) in [5.74, 6) is -0.108. The number of nitrogens with zero attached hydrogens (tertiary/aromatic N) is 2. The molecule has 1 heterocycles. The first-order valence-corrected chi connectivity index (χ1v) is 13.0. The standard InChI is InChI=1S/C30H33BrN2O3/c1-22-15-16-26(31)24(19-22)20-30(25-13-9-6-10-14-25)27(34)32(21-23-11-7-5-8-12-23)17-18-33(30)28(35)36-29(2,3)4/h5-16,19H,17-18,20-21H2,1-4H3. The van der Waals surface area contributed by atoms with Crippen LogP contribution >= 0.6 is 15.9 Å². The van der Waals surface area contributed by atoms with Crippen LogP contribution in [-0.4, -0.2) is 40.5 Å². The molecule has 5 nitrogen and oxygen atoms in total. The van der Waals surface area contributed by atoms with Crippen molar-refractivity contribution < 1.29 is 14.3 Å². The zero-order valence-corrected chi connectivity index (χ0v) is 22.9. The molecule has 1 fully saturated rings. The van der Waals surface area contributed by atoms with E-state index in [1.165, 1.54) is 0 Å². The Labute approximate surface area is 222 Å². The lowest BCUT2D eigenvalue weighted by Gasteiger charge is -2.50. The van der Waals surface area contributed by atoms with Gasteiger partial charge in [-0.1, -0.05) is 94.3 Å². The van der Waals surface area contributed by atoms with Crippen LogP contribution in [0, 0.1) is 6.92 Å². The summed E-state index contributed by atoms with van der Waals surface area (Å²) >= 11 is 3.69. The van der Waals surface area contributed by atoms with Gasteiger partial charge in [0, 0.05) is 30.5 Å². The highest BCUT2D eigenvalue weighted by Crippen LogP contribution is 2.40. The van der Waals surface area contributed by atoms with Crippen LogP contribution in [0.5, 0.6) is 0 Å². The Bertz CT molecular complexity index is 1220. The number of hydrogen-bond donors (Lipinski definition) is 0. The van der Waals surface area contributed by atoms with Gasteiger partial charge in [-0.15, -0.1) is 0 Å². The van der Waals surface area contributed by atoms with E-state index >= 15 is 0 Å². The van der Waals surface area contributed by atoms with Gasteiger partial charge in [-0.05, 0) is 50.5 Å². The Morgan fingerprint density at radius 3 is 2.25 bits per heavy atom. The van der Waals surface area contributed by atoms with E-state index in [0.717, 1.165) is 26.7 Å². The smallest absolute Gasteiger partial charge is 0.411 e. The lowest BCUT2D eigenvalue weighted by Crippen LogP contribution is -2.66. The van der Waals surface area contributed by atoms with Crippen molar-refractivity contribution in [1.29, 1.82) is 0 Å². The minimum absolute atomic E-state index is 0.108. The number of carbonyl (C=O) groups excluding carboxylic acids is 2. The summed E-state index contributed by atoms with van der Waals surface area (Å²) in [6.07, 6.45) is -0.161. The number of rotatable bonds is 5. The molecule has 0 radical (unpaired) electrons. The summed E-state index contributed by atoms with van der Waals surface area (Å²) < 4.78 is 6.76. The second kappa shape index (κ2) is 10.5. The molecule has 4 rings (SSSR count). The van der Waals surface area contributed by atoms with Gasteiger partial charge in [0.1, 0.15) is 5.60 Å². The van der Waals surface area contributed by atoms with Crippen molar-refractivity contribution in [3.63, 3.8) is 0 Å². The molecule has 0 N–H and O–H groups in total. The Morgan fingerprint density at radius 2 is 1.61 bits per heavy atom. The molecule has 3 aromatic rings. The second-order valence-electron chi connectivity index (χ2n) is 10.3. The fourth-order valence-electron chi connectivity index (χ4n) is 4.79. The van der Waals surface area contributed by atoms with Gasteiger partial charge in [0.25, 0.3) is 5.91 Å². The number of hydrogen-bond acceptors (Lipinski definition) is 3. The Morgan fingerprint density at radius 1 is 0.972 bits per heavy atom. The molecular formula is C30H33BrN2O3. The van der Waals surface area contributed by atoms with Crippen molar-refractivity contribution in [2.75, 3.05) is 13.1 Å². The largest absolute Gasteiger partial charge is 0.444 e. The van der Waals surface area contributed by atoms with Crippen LogP contribution in [0.25, 0.3) is 0 Å². The van der Waals surface area contributed by atoms with Gasteiger partial charge < -0.3 is 9.64 Å². The maximum absolute atomic E-state index is 14.6. The fourth-order valence-corrected chi connectivity index (χ4v) is 5.18. The maximum Gasteiger partial charge on any atom is 0.411 e. The van der Waals surface area contributed by atoms with Crippen molar-refractivity contribution in [1.82, 2.24) is 9.80 Å². The molecule has 2 amide bonds. The molecule has 0 spiro atoms. The van der Waals surface area contributed by atoms with Crippen LogP contribution < -0.4 is 0 Å². The first kappa shape index (κ1) is 26.0. The molecule has 188 valence electrons. The zero-order chi connectivity index (χ0) is 25.9. The molecule has 0 bridgehead atoms. The van der Waals surface area contributed by atoms with E-state index in [1.54, 1.807) is 4.90 Å².